The van der Waals surface area contributed by atoms with Gasteiger partial charge in [-0.05, 0) is 12.0 Å². The van der Waals surface area contributed by atoms with Gasteiger partial charge in [0.25, 0.3) is 0 Å². The summed E-state index contributed by atoms with van der Waals surface area (Å²) >= 11 is 0. The number of rotatable bonds is 5. The smallest absolute Gasteiger partial charge is 0.243 e. The molecule has 5 nitrogen and oxygen atoms in total. The summed E-state index contributed by atoms with van der Waals surface area (Å²) in [5.74, 6) is -0.291. The Morgan fingerprint density at radius 3 is 2.78 bits per heavy atom. The Labute approximate surface area is 106 Å². The van der Waals surface area contributed by atoms with E-state index in [1.807, 2.05) is 30.3 Å². The molecule has 0 aliphatic carbocycles. The second-order valence-corrected chi connectivity index (χ2v) is 4.16. The van der Waals surface area contributed by atoms with Crippen LogP contribution >= 0.6 is 0 Å². The molecule has 2 amide bonds. The predicted octanol–water partition coefficient (Wildman–Crippen LogP) is 0.208. The SMILES string of the molecule is O=C1CNC(=O)[C@H](CCOCc2ccccc2)N1. The van der Waals surface area contributed by atoms with Crippen LogP contribution in [0.2, 0.25) is 0 Å². The molecular formula is C13H16N2O3. The molecule has 2 rings (SSSR count). The number of carbonyl (C=O) groups is 2. The number of nitrogens with one attached hydrogen (secondary N) is 2. The Kier molecular flexibility index (Phi) is 4.30. The first-order valence-electron chi connectivity index (χ1n) is 5.94. The lowest BCUT2D eigenvalue weighted by Gasteiger charge is -2.22. The molecule has 1 fully saturated rings. The first-order chi connectivity index (χ1) is 8.75. The Bertz CT molecular complexity index is 420. The van der Waals surface area contributed by atoms with Gasteiger partial charge in [-0.25, -0.2) is 0 Å². The van der Waals surface area contributed by atoms with E-state index < -0.39 is 6.04 Å². The van der Waals surface area contributed by atoms with Crippen molar-refractivity contribution in [2.45, 2.75) is 19.1 Å². The summed E-state index contributed by atoms with van der Waals surface area (Å²) in [5, 5.41) is 5.17. The van der Waals surface area contributed by atoms with Crippen molar-refractivity contribution in [2.24, 2.45) is 0 Å². The largest absolute Gasteiger partial charge is 0.377 e. The van der Waals surface area contributed by atoms with E-state index >= 15 is 0 Å². The van der Waals surface area contributed by atoms with Gasteiger partial charge in [0.15, 0.2) is 0 Å². The van der Waals surface area contributed by atoms with E-state index in [4.69, 9.17) is 4.74 Å². The van der Waals surface area contributed by atoms with Gasteiger partial charge in [-0.1, -0.05) is 30.3 Å². The summed E-state index contributed by atoms with van der Waals surface area (Å²) in [6, 6.07) is 9.35. The first-order valence-corrected chi connectivity index (χ1v) is 5.94. The number of amides is 2. The zero-order valence-electron chi connectivity index (χ0n) is 10.0. The summed E-state index contributed by atoms with van der Waals surface area (Å²) in [6.45, 7) is 1.02. The second kappa shape index (κ2) is 6.16. The van der Waals surface area contributed by atoms with Crippen LogP contribution in [0.15, 0.2) is 30.3 Å². The van der Waals surface area contributed by atoms with Gasteiger partial charge in [0.2, 0.25) is 11.8 Å². The van der Waals surface area contributed by atoms with Gasteiger partial charge in [-0.3, -0.25) is 9.59 Å². The maximum atomic E-state index is 11.4. The lowest BCUT2D eigenvalue weighted by atomic mass is 10.1. The molecule has 1 aliphatic rings. The Morgan fingerprint density at radius 1 is 1.22 bits per heavy atom. The molecule has 0 radical (unpaired) electrons. The van der Waals surface area contributed by atoms with Crippen LogP contribution in [0.25, 0.3) is 0 Å². The van der Waals surface area contributed by atoms with Crippen molar-refractivity contribution in [1.82, 2.24) is 10.6 Å². The highest BCUT2D eigenvalue weighted by Crippen LogP contribution is 2.03. The fourth-order valence-corrected chi connectivity index (χ4v) is 1.77. The lowest BCUT2D eigenvalue weighted by Crippen LogP contribution is -2.56. The van der Waals surface area contributed by atoms with E-state index in [0.29, 0.717) is 19.6 Å². The zero-order chi connectivity index (χ0) is 12.8. The van der Waals surface area contributed by atoms with Crippen LogP contribution in [-0.2, 0) is 20.9 Å². The van der Waals surface area contributed by atoms with Gasteiger partial charge in [0.05, 0.1) is 13.2 Å². The normalized spacial score (nSPS) is 19.2. The number of carbonyl (C=O) groups excluding carboxylic acids is 2. The standard InChI is InChI=1S/C13H16N2O3/c16-12-8-14-13(17)11(15-12)6-7-18-9-10-4-2-1-3-5-10/h1-5,11H,6-9H2,(H,14,17)(H,15,16)/t11-/m0/s1. The molecule has 5 heteroatoms. The van der Waals surface area contributed by atoms with Crippen molar-refractivity contribution in [3.8, 4) is 0 Å². The summed E-state index contributed by atoms with van der Waals surface area (Å²) in [4.78, 5) is 22.5. The molecule has 18 heavy (non-hydrogen) atoms. The van der Waals surface area contributed by atoms with Gasteiger partial charge < -0.3 is 15.4 Å². The molecule has 2 N–H and O–H groups in total. The molecule has 96 valence electrons. The van der Waals surface area contributed by atoms with Crippen molar-refractivity contribution < 1.29 is 14.3 Å². The third kappa shape index (κ3) is 3.56. The maximum absolute atomic E-state index is 11.4. The minimum atomic E-state index is -0.470. The van der Waals surface area contributed by atoms with Crippen molar-refractivity contribution in [3.05, 3.63) is 35.9 Å². The molecule has 1 aromatic carbocycles. The van der Waals surface area contributed by atoms with Crippen molar-refractivity contribution in [3.63, 3.8) is 0 Å². The summed E-state index contributed by atoms with van der Waals surface area (Å²) in [6.07, 6.45) is 0.490. The number of piperazine rings is 1. The van der Waals surface area contributed by atoms with E-state index in [1.54, 1.807) is 0 Å². The van der Waals surface area contributed by atoms with Crippen molar-refractivity contribution in [2.75, 3.05) is 13.2 Å². The van der Waals surface area contributed by atoms with Gasteiger partial charge >= 0.3 is 0 Å². The van der Waals surface area contributed by atoms with Crippen LogP contribution in [0.4, 0.5) is 0 Å². The van der Waals surface area contributed by atoms with Crippen molar-refractivity contribution >= 4 is 11.8 Å². The van der Waals surface area contributed by atoms with Gasteiger partial charge in [0, 0.05) is 6.61 Å². The number of hydrogen-bond donors (Lipinski definition) is 2. The number of ether oxygens (including phenoxy) is 1. The van der Waals surface area contributed by atoms with E-state index in [9.17, 15) is 9.59 Å². The Hall–Kier alpha value is -1.88. The van der Waals surface area contributed by atoms with Crippen LogP contribution in [0.5, 0.6) is 0 Å². The molecule has 0 aromatic heterocycles. The van der Waals surface area contributed by atoms with Crippen LogP contribution in [0, 0.1) is 0 Å². The molecule has 1 aromatic rings. The van der Waals surface area contributed by atoms with Crippen LogP contribution in [0.1, 0.15) is 12.0 Å². The zero-order valence-corrected chi connectivity index (χ0v) is 10.0. The fourth-order valence-electron chi connectivity index (χ4n) is 1.77. The molecule has 0 unspecified atom stereocenters. The molecule has 0 bridgehead atoms. The highest BCUT2D eigenvalue weighted by Gasteiger charge is 2.25. The van der Waals surface area contributed by atoms with Crippen LogP contribution < -0.4 is 10.6 Å². The van der Waals surface area contributed by atoms with E-state index in [0.717, 1.165) is 5.56 Å². The van der Waals surface area contributed by atoms with E-state index in [-0.39, 0.29) is 18.4 Å². The highest BCUT2D eigenvalue weighted by atomic mass is 16.5. The first kappa shape index (κ1) is 12.6. The molecule has 1 aliphatic heterocycles. The summed E-state index contributed by atoms with van der Waals surface area (Å²) < 4.78 is 5.47. The second-order valence-electron chi connectivity index (χ2n) is 4.16. The summed E-state index contributed by atoms with van der Waals surface area (Å²) in [7, 11) is 0. The van der Waals surface area contributed by atoms with Crippen molar-refractivity contribution in [1.29, 1.82) is 0 Å². The topological polar surface area (TPSA) is 67.4 Å². The summed E-state index contributed by atoms with van der Waals surface area (Å²) in [5.41, 5.74) is 1.09. The Morgan fingerprint density at radius 2 is 2.00 bits per heavy atom. The molecule has 0 spiro atoms. The van der Waals surface area contributed by atoms with Gasteiger partial charge in [0.1, 0.15) is 6.04 Å². The minimum absolute atomic E-state index is 0.0696. The van der Waals surface area contributed by atoms with Gasteiger partial charge in [-0.2, -0.15) is 0 Å². The number of benzene rings is 1. The van der Waals surface area contributed by atoms with E-state index in [1.165, 1.54) is 0 Å². The predicted molar refractivity (Wildman–Crippen MR) is 65.7 cm³/mol. The molecular weight excluding hydrogens is 232 g/mol. The third-order valence-electron chi connectivity index (χ3n) is 2.74. The highest BCUT2D eigenvalue weighted by molar-refractivity contribution is 5.94. The number of hydrogen-bond acceptors (Lipinski definition) is 3. The monoisotopic (exact) mass is 248 g/mol. The maximum Gasteiger partial charge on any atom is 0.243 e. The molecule has 1 heterocycles. The fraction of sp³-hybridized carbons (Fsp3) is 0.385. The quantitative estimate of drug-likeness (QED) is 0.732. The molecule has 0 saturated carbocycles. The molecule has 1 atom stereocenters. The molecule has 1 saturated heterocycles. The van der Waals surface area contributed by atoms with Gasteiger partial charge in [-0.15, -0.1) is 0 Å². The average Bonchev–Trinajstić information content (AvgIpc) is 2.40. The minimum Gasteiger partial charge on any atom is -0.377 e. The lowest BCUT2D eigenvalue weighted by molar-refractivity contribution is -0.134. The average molecular weight is 248 g/mol. The third-order valence-corrected chi connectivity index (χ3v) is 2.74. The van der Waals surface area contributed by atoms with Crippen LogP contribution in [0.3, 0.4) is 0 Å². The van der Waals surface area contributed by atoms with Crippen LogP contribution in [-0.4, -0.2) is 31.0 Å². The van der Waals surface area contributed by atoms with E-state index in [2.05, 4.69) is 10.6 Å². The Balaban J connectivity index is 1.69.